The first-order valence-corrected chi connectivity index (χ1v) is 18.8. The van der Waals surface area contributed by atoms with E-state index >= 15 is 4.39 Å². The highest BCUT2D eigenvalue weighted by Gasteiger charge is 2.40. The lowest BCUT2D eigenvalue weighted by Crippen LogP contribution is -2.48. The lowest BCUT2D eigenvalue weighted by Gasteiger charge is -2.47. The Balaban J connectivity index is 0.930. The Morgan fingerprint density at radius 3 is 2.40 bits per heavy atom. The van der Waals surface area contributed by atoms with Gasteiger partial charge in [-0.3, -0.25) is 24.5 Å². The van der Waals surface area contributed by atoms with E-state index in [1.807, 2.05) is 17.0 Å². The maximum absolute atomic E-state index is 15.6. The topological polar surface area (TPSA) is 129 Å². The molecule has 3 aromatic rings. The zero-order chi connectivity index (χ0) is 37.4. The molecule has 4 aliphatic rings. The van der Waals surface area contributed by atoms with Gasteiger partial charge in [-0.25, -0.2) is 9.07 Å². The number of anilines is 2. The summed E-state index contributed by atoms with van der Waals surface area (Å²) in [7, 11) is 5.16. The lowest BCUT2D eigenvalue weighted by molar-refractivity contribution is -0.134. The number of likely N-dealkylation sites (N-methyl/N-ethyl adjacent to an activating group) is 1. The molecule has 0 aliphatic carbocycles. The summed E-state index contributed by atoms with van der Waals surface area (Å²) in [6, 6.07) is 11.2. The summed E-state index contributed by atoms with van der Waals surface area (Å²) in [5.41, 5.74) is 3.08. The van der Waals surface area contributed by atoms with E-state index in [9.17, 15) is 19.2 Å². The van der Waals surface area contributed by atoms with Gasteiger partial charge in [-0.15, -0.1) is 0 Å². The Bertz CT molecular complexity index is 1940. The normalized spacial score (nSPS) is 23.5. The molecule has 1 aromatic heterocycles. The molecule has 1 spiro atoms. The quantitative estimate of drug-likeness (QED) is 0.336. The van der Waals surface area contributed by atoms with Crippen LogP contribution in [0.25, 0.3) is 0 Å². The first kappa shape index (κ1) is 36.9. The van der Waals surface area contributed by atoms with Crippen molar-refractivity contribution in [2.75, 3.05) is 63.6 Å². The molecule has 2 N–H and O–H groups in total. The smallest absolute Gasteiger partial charge is 0.287 e. The Hall–Kier alpha value is -4.49. The monoisotopic (exact) mass is 747 g/mol. The number of nitrogens with one attached hydrogen (secondary N) is 2. The molecule has 0 saturated carbocycles. The van der Waals surface area contributed by atoms with Gasteiger partial charge in [0.05, 0.1) is 30.6 Å². The summed E-state index contributed by atoms with van der Waals surface area (Å²) in [6.07, 6.45) is 6.57. The first-order valence-electron chi connectivity index (χ1n) is 18.5. The second kappa shape index (κ2) is 15.1. The van der Waals surface area contributed by atoms with Crippen LogP contribution in [0.1, 0.15) is 78.3 Å². The number of aryl methyl sites for hydroxylation is 1. The third-order valence-electron chi connectivity index (χ3n) is 11.9. The van der Waals surface area contributed by atoms with Crippen molar-refractivity contribution < 1.29 is 23.5 Å². The van der Waals surface area contributed by atoms with Crippen molar-refractivity contribution in [1.29, 1.82) is 0 Å². The minimum absolute atomic E-state index is 0.0437. The minimum atomic E-state index is -0.630. The number of hydrogen-bond acceptors (Lipinski definition) is 9. The summed E-state index contributed by atoms with van der Waals surface area (Å²) >= 11 is 6.32. The second-order valence-electron chi connectivity index (χ2n) is 15.2. The molecule has 282 valence electrons. The van der Waals surface area contributed by atoms with Crippen LogP contribution in [0.3, 0.4) is 0 Å². The van der Waals surface area contributed by atoms with Crippen LogP contribution in [0.5, 0.6) is 5.75 Å². The van der Waals surface area contributed by atoms with Crippen LogP contribution in [0.4, 0.5) is 15.8 Å². The Morgan fingerprint density at radius 1 is 1.02 bits per heavy atom. The van der Waals surface area contributed by atoms with E-state index in [4.69, 9.17) is 16.3 Å². The van der Waals surface area contributed by atoms with Gasteiger partial charge in [0.15, 0.2) is 0 Å². The van der Waals surface area contributed by atoms with Crippen molar-refractivity contribution in [3.63, 3.8) is 0 Å². The number of piperidine rings is 4. The summed E-state index contributed by atoms with van der Waals surface area (Å²) in [5.74, 6) is -1.03. The number of nitrogens with zero attached hydrogens (tertiary/aromatic N) is 5. The van der Waals surface area contributed by atoms with Crippen LogP contribution >= 0.6 is 11.6 Å². The largest absolute Gasteiger partial charge is 0.496 e. The van der Waals surface area contributed by atoms with Crippen molar-refractivity contribution in [2.45, 2.75) is 62.8 Å². The van der Waals surface area contributed by atoms with Gasteiger partial charge in [0.1, 0.15) is 16.6 Å². The minimum Gasteiger partial charge on any atom is -0.496 e. The van der Waals surface area contributed by atoms with Crippen molar-refractivity contribution >= 4 is 40.7 Å². The van der Waals surface area contributed by atoms with Gasteiger partial charge >= 0.3 is 0 Å². The maximum atomic E-state index is 15.6. The zero-order valence-corrected chi connectivity index (χ0v) is 31.3. The van der Waals surface area contributed by atoms with E-state index in [0.717, 1.165) is 50.8 Å². The molecular weight excluding hydrogens is 701 g/mol. The molecule has 7 rings (SSSR count). The molecule has 0 bridgehead atoms. The number of carbonyl (C=O) groups excluding carboxylic acids is 3. The van der Waals surface area contributed by atoms with Gasteiger partial charge in [0.2, 0.25) is 11.8 Å². The molecule has 53 heavy (non-hydrogen) atoms. The predicted molar refractivity (Wildman–Crippen MR) is 200 cm³/mol. The van der Waals surface area contributed by atoms with Crippen LogP contribution in [0.2, 0.25) is 5.02 Å². The Kier molecular flexibility index (Phi) is 10.5. The van der Waals surface area contributed by atoms with Crippen molar-refractivity contribution in [1.82, 2.24) is 24.9 Å². The maximum Gasteiger partial charge on any atom is 0.287 e. The molecule has 3 amide bonds. The average Bonchev–Trinajstić information content (AvgIpc) is 3.15. The molecule has 12 nitrogen and oxygen atoms in total. The summed E-state index contributed by atoms with van der Waals surface area (Å²) in [5, 5.41) is 10.0. The van der Waals surface area contributed by atoms with E-state index in [-0.39, 0.29) is 46.2 Å². The molecule has 2 aromatic carbocycles. The van der Waals surface area contributed by atoms with Crippen molar-refractivity contribution in [2.24, 2.45) is 12.5 Å². The number of aromatic nitrogens is 2. The Labute approximate surface area is 313 Å². The van der Waals surface area contributed by atoms with E-state index in [1.165, 1.54) is 17.9 Å². The lowest BCUT2D eigenvalue weighted by atomic mass is 9.71. The molecule has 1 unspecified atom stereocenters. The van der Waals surface area contributed by atoms with Gasteiger partial charge in [-0.05, 0) is 80.7 Å². The Morgan fingerprint density at radius 2 is 1.72 bits per heavy atom. The number of amides is 3. The van der Waals surface area contributed by atoms with E-state index < -0.39 is 17.6 Å². The second-order valence-corrected chi connectivity index (χ2v) is 15.6. The first-order chi connectivity index (χ1) is 25.4. The molecule has 4 fully saturated rings. The highest BCUT2D eigenvalue weighted by molar-refractivity contribution is 6.32. The van der Waals surface area contributed by atoms with E-state index in [2.05, 4.69) is 44.7 Å². The number of likely N-dealkylation sites (tertiary alicyclic amines) is 2. The molecule has 5 heterocycles. The third-order valence-corrected chi connectivity index (χ3v) is 12.3. The van der Waals surface area contributed by atoms with Crippen LogP contribution in [0, 0.1) is 11.2 Å². The summed E-state index contributed by atoms with van der Waals surface area (Å²) in [6.45, 7) is 4.43. The van der Waals surface area contributed by atoms with Gasteiger partial charge in [-0.1, -0.05) is 23.7 Å². The molecule has 3 atom stereocenters. The average molecular weight is 748 g/mol. The third kappa shape index (κ3) is 7.64. The van der Waals surface area contributed by atoms with Crippen LogP contribution in [-0.2, 0) is 16.6 Å². The van der Waals surface area contributed by atoms with Gasteiger partial charge in [-0.2, -0.15) is 5.10 Å². The molecule has 14 heteroatoms. The number of benzene rings is 2. The van der Waals surface area contributed by atoms with Crippen molar-refractivity contribution in [3.8, 4) is 5.75 Å². The number of rotatable bonds is 7. The fourth-order valence-corrected chi connectivity index (χ4v) is 8.95. The zero-order valence-electron chi connectivity index (χ0n) is 30.5. The number of carbonyl (C=O) groups is 3. The van der Waals surface area contributed by atoms with Crippen molar-refractivity contribution in [3.05, 3.63) is 80.5 Å². The van der Waals surface area contributed by atoms with E-state index in [1.54, 1.807) is 19.3 Å². The number of imide groups is 1. The number of ether oxygens (including phenoxy) is 1. The van der Waals surface area contributed by atoms with E-state index in [0.29, 0.717) is 60.9 Å². The molecular formula is C39H47ClFN7O5. The fourth-order valence-electron chi connectivity index (χ4n) is 8.72. The SMILES string of the molecule is COc1cc(N2CCC3(CCN(C(=O)c4ccc([C@H]5C[C@@H](Nc6cnn(C)c(=O)c6Cl)CN(C)C5)cc4)CC3)CC2)c(F)cc1C1CCC(=O)NC1=O. The summed E-state index contributed by atoms with van der Waals surface area (Å²) < 4.78 is 22.4. The van der Waals surface area contributed by atoms with Gasteiger partial charge in [0, 0.05) is 76.0 Å². The van der Waals surface area contributed by atoms with Crippen LogP contribution < -0.4 is 25.8 Å². The number of hydrogen-bond donors (Lipinski definition) is 2. The van der Waals surface area contributed by atoms with Crippen LogP contribution in [-0.4, -0.2) is 96.8 Å². The van der Waals surface area contributed by atoms with Gasteiger partial charge in [0.25, 0.3) is 11.5 Å². The predicted octanol–water partition coefficient (Wildman–Crippen LogP) is 4.52. The molecule has 4 saturated heterocycles. The number of methoxy groups -OCH3 is 1. The number of halogens is 2. The van der Waals surface area contributed by atoms with Gasteiger partial charge < -0.3 is 24.8 Å². The highest BCUT2D eigenvalue weighted by atomic mass is 35.5. The summed E-state index contributed by atoms with van der Waals surface area (Å²) in [4.78, 5) is 56.3. The molecule has 0 radical (unpaired) electrons. The molecule has 4 aliphatic heterocycles. The highest BCUT2D eigenvalue weighted by Crippen LogP contribution is 2.44. The fraction of sp³-hybridized carbons (Fsp3) is 0.513. The van der Waals surface area contributed by atoms with Crippen LogP contribution in [0.15, 0.2) is 47.4 Å². The standard InChI is InChI=1S/C39H47ClFN7O5/c1-45-22-26(18-27(23-45)43-31-21-42-46(2)38(52)35(31)40)24-4-6-25(7-5-24)37(51)48-16-12-39(13-17-48)10-14-47(15-11-39)32-20-33(53-3)29(19-30(32)41)28-8-9-34(49)44-36(28)50/h4-7,19-21,26-28,43H,8-18,22-23H2,1-3H3,(H,44,49,50)/t26-,27+,28?/m0/s1.